The van der Waals surface area contributed by atoms with Crippen molar-refractivity contribution in [1.82, 2.24) is 14.9 Å². The lowest BCUT2D eigenvalue weighted by molar-refractivity contribution is 0.102. The number of amides is 1. The van der Waals surface area contributed by atoms with Gasteiger partial charge in [0.05, 0.1) is 0 Å². The number of hydrogen-bond acceptors (Lipinski definition) is 5. The van der Waals surface area contributed by atoms with Crippen LogP contribution in [-0.2, 0) is 6.54 Å². The largest absolute Gasteiger partial charge is 0.354 e. The SMILES string of the molecule is O=C(Nc1cc(N2CCN(Cc3ccccc3)CC2)ncn1)c1ccc(F)cc1. The molecule has 0 aliphatic carbocycles. The highest BCUT2D eigenvalue weighted by molar-refractivity contribution is 6.03. The average molecular weight is 391 g/mol. The van der Waals surface area contributed by atoms with Crippen LogP contribution in [0.25, 0.3) is 0 Å². The molecule has 2 heterocycles. The highest BCUT2D eigenvalue weighted by Gasteiger charge is 2.19. The predicted octanol–water partition coefficient (Wildman–Crippen LogP) is 3.19. The van der Waals surface area contributed by atoms with E-state index in [1.165, 1.54) is 36.2 Å². The molecule has 29 heavy (non-hydrogen) atoms. The van der Waals surface area contributed by atoms with Crippen molar-refractivity contribution < 1.29 is 9.18 Å². The van der Waals surface area contributed by atoms with Crippen molar-refractivity contribution in [2.24, 2.45) is 0 Å². The minimum Gasteiger partial charge on any atom is -0.354 e. The first kappa shape index (κ1) is 19.0. The van der Waals surface area contributed by atoms with Gasteiger partial charge in [-0.3, -0.25) is 9.69 Å². The zero-order valence-electron chi connectivity index (χ0n) is 16.0. The van der Waals surface area contributed by atoms with Gasteiger partial charge in [-0.1, -0.05) is 30.3 Å². The number of piperazine rings is 1. The Kier molecular flexibility index (Phi) is 5.76. The van der Waals surface area contributed by atoms with Crippen LogP contribution >= 0.6 is 0 Å². The van der Waals surface area contributed by atoms with Crippen LogP contribution in [0.1, 0.15) is 15.9 Å². The van der Waals surface area contributed by atoms with Gasteiger partial charge in [-0.2, -0.15) is 0 Å². The molecular weight excluding hydrogens is 369 g/mol. The number of aromatic nitrogens is 2. The zero-order valence-corrected chi connectivity index (χ0v) is 16.0. The highest BCUT2D eigenvalue weighted by atomic mass is 19.1. The maximum Gasteiger partial charge on any atom is 0.256 e. The third-order valence-corrected chi connectivity index (χ3v) is 4.95. The van der Waals surface area contributed by atoms with E-state index >= 15 is 0 Å². The molecule has 0 radical (unpaired) electrons. The van der Waals surface area contributed by atoms with E-state index in [2.05, 4.69) is 49.4 Å². The summed E-state index contributed by atoms with van der Waals surface area (Å²) in [6, 6.07) is 17.6. The van der Waals surface area contributed by atoms with Crippen LogP contribution in [0, 0.1) is 5.82 Å². The van der Waals surface area contributed by atoms with Crippen LogP contribution in [0.3, 0.4) is 0 Å². The van der Waals surface area contributed by atoms with Crippen molar-refractivity contribution in [1.29, 1.82) is 0 Å². The molecule has 1 amide bonds. The number of rotatable bonds is 5. The Bertz CT molecular complexity index is 956. The first-order chi connectivity index (χ1) is 14.2. The summed E-state index contributed by atoms with van der Waals surface area (Å²) in [6.07, 6.45) is 1.45. The van der Waals surface area contributed by atoms with Crippen molar-refractivity contribution in [2.45, 2.75) is 6.54 Å². The van der Waals surface area contributed by atoms with Gasteiger partial charge < -0.3 is 10.2 Å². The molecule has 1 fully saturated rings. The zero-order chi connectivity index (χ0) is 20.1. The van der Waals surface area contributed by atoms with Crippen LogP contribution < -0.4 is 10.2 Å². The number of nitrogens with zero attached hydrogens (tertiary/aromatic N) is 4. The number of anilines is 2. The van der Waals surface area contributed by atoms with Gasteiger partial charge >= 0.3 is 0 Å². The topological polar surface area (TPSA) is 61.4 Å². The van der Waals surface area contributed by atoms with Crippen LogP contribution in [0.4, 0.5) is 16.0 Å². The van der Waals surface area contributed by atoms with Crippen molar-refractivity contribution in [3.05, 3.63) is 83.9 Å². The van der Waals surface area contributed by atoms with Gasteiger partial charge in [0.1, 0.15) is 23.8 Å². The van der Waals surface area contributed by atoms with Gasteiger partial charge in [0, 0.05) is 44.4 Å². The molecular formula is C22H22FN5O. The van der Waals surface area contributed by atoms with Crippen LogP contribution in [-0.4, -0.2) is 47.0 Å². The molecule has 3 aromatic rings. The highest BCUT2D eigenvalue weighted by Crippen LogP contribution is 2.18. The number of carbonyl (C=O) groups excluding carboxylic acids is 1. The van der Waals surface area contributed by atoms with Gasteiger partial charge in [0.15, 0.2) is 0 Å². The van der Waals surface area contributed by atoms with E-state index in [1.54, 1.807) is 6.07 Å². The molecule has 0 spiro atoms. The standard InChI is InChI=1S/C22H22FN5O/c23-19-8-6-18(7-9-19)22(29)26-20-14-21(25-16-24-20)28-12-10-27(11-13-28)15-17-4-2-1-3-5-17/h1-9,14,16H,10-13,15H2,(H,24,25,26,29). The molecule has 148 valence electrons. The second-order valence-electron chi connectivity index (χ2n) is 6.97. The number of halogens is 1. The molecule has 7 heteroatoms. The smallest absolute Gasteiger partial charge is 0.256 e. The summed E-state index contributed by atoms with van der Waals surface area (Å²) < 4.78 is 13.0. The number of benzene rings is 2. The van der Waals surface area contributed by atoms with Crippen LogP contribution in [0.2, 0.25) is 0 Å². The van der Waals surface area contributed by atoms with Gasteiger partial charge in [-0.15, -0.1) is 0 Å². The first-order valence-electron chi connectivity index (χ1n) is 9.57. The quantitative estimate of drug-likeness (QED) is 0.724. The Labute approximate surface area is 169 Å². The third kappa shape index (κ3) is 4.94. The minimum absolute atomic E-state index is 0.331. The summed E-state index contributed by atoms with van der Waals surface area (Å²) in [5.74, 6) is 0.504. The van der Waals surface area contributed by atoms with E-state index in [1.807, 2.05) is 6.07 Å². The van der Waals surface area contributed by atoms with Crippen molar-refractivity contribution in [3.8, 4) is 0 Å². The lowest BCUT2D eigenvalue weighted by Gasteiger charge is -2.35. The summed E-state index contributed by atoms with van der Waals surface area (Å²) in [7, 11) is 0. The third-order valence-electron chi connectivity index (χ3n) is 4.95. The fourth-order valence-corrected chi connectivity index (χ4v) is 3.35. The van der Waals surface area contributed by atoms with Gasteiger partial charge in [-0.25, -0.2) is 14.4 Å². The number of carbonyl (C=O) groups is 1. The lowest BCUT2D eigenvalue weighted by atomic mass is 10.2. The summed E-state index contributed by atoms with van der Waals surface area (Å²) in [6.45, 7) is 4.54. The van der Waals surface area contributed by atoms with Gasteiger partial charge in [0.2, 0.25) is 0 Å². The Morgan fingerprint density at radius 1 is 0.966 bits per heavy atom. The van der Waals surface area contributed by atoms with E-state index in [0.29, 0.717) is 11.4 Å². The van der Waals surface area contributed by atoms with Crippen molar-refractivity contribution in [3.63, 3.8) is 0 Å². The fraction of sp³-hybridized carbons (Fsp3) is 0.227. The summed E-state index contributed by atoms with van der Waals surface area (Å²) in [5, 5.41) is 2.75. The first-order valence-corrected chi connectivity index (χ1v) is 9.57. The van der Waals surface area contributed by atoms with Gasteiger partial charge in [0.25, 0.3) is 5.91 Å². The maximum absolute atomic E-state index is 13.0. The summed E-state index contributed by atoms with van der Waals surface area (Å²) in [4.78, 5) is 25.4. The van der Waals surface area contributed by atoms with E-state index in [-0.39, 0.29) is 11.7 Å². The molecule has 1 saturated heterocycles. The molecule has 4 rings (SSSR count). The molecule has 1 N–H and O–H groups in total. The molecule has 0 saturated carbocycles. The normalized spacial score (nSPS) is 14.6. The Morgan fingerprint density at radius 3 is 2.41 bits per heavy atom. The number of hydrogen-bond donors (Lipinski definition) is 1. The van der Waals surface area contributed by atoms with E-state index in [4.69, 9.17) is 0 Å². The second-order valence-corrected chi connectivity index (χ2v) is 6.97. The van der Waals surface area contributed by atoms with Crippen molar-refractivity contribution >= 4 is 17.5 Å². The molecule has 0 atom stereocenters. The Morgan fingerprint density at radius 2 is 1.69 bits per heavy atom. The Hall–Kier alpha value is -3.32. The maximum atomic E-state index is 13.0. The lowest BCUT2D eigenvalue weighted by Crippen LogP contribution is -2.46. The van der Waals surface area contributed by atoms with Gasteiger partial charge in [-0.05, 0) is 29.8 Å². The second kappa shape index (κ2) is 8.79. The minimum atomic E-state index is -0.378. The molecule has 6 nitrogen and oxygen atoms in total. The monoisotopic (exact) mass is 391 g/mol. The van der Waals surface area contributed by atoms with Crippen LogP contribution in [0.15, 0.2) is 67.0 Å². The van der Waals surface area contributed by atoms with E-state index < -0.39 is 0 Å². The summed E-state index contributed by atoms with van der Waals surface area (Å²) in [5.41, 5.74) is 1.69. The molecule has 1 aliphatic rings. The molecule has 0 bridgehead atoms. The number of nitrogens with one attached hydrogen (secondary N) is 1. The molecule has 2 aromatic carbocycles. The average Bonchev–Trinajstić information content (AvgIpc) is 2.76. The van der Waals surface area contributed by atoms with E-state index in [9.17, 15) is 9.18 Å². The summed E-state index contributed by atoms with van der Waals surface area (Å²) >= 11 is 0. The fourth-order valence-electron chi connectivity index (χ4n) is 3.35. The predicted molar refractivity (Wildman–Crippen MR) is 110 cm³/mol. The van der Waals surface area contributed by atoms with E-state index in [0.717, 1.165) is 38.5 Å². The molecule has 1 aliphatic heterocycles. The molecule has 0 unspecified atom stereocenters. The van der Waals surface area contributed by atoms with Crippen molar-refractivity contribution in [2.75, 3.05) is 36.4 Å². The molecule has 1 aromatic heterocycles. The van der Waals surface area contributed by atoms with Crippen LogP contribution in [0.5, 0.6) is 0 Å². The Balaban J connectivity index is 1.35.